The summed E-state index contributed by atoms with van der Waals surface area (Å²) in [7, 11) is -5.31. The molecule has 0 radical (unpaired) electrons. The minimum absolute atomic E-state index is 0.614. The van der Waals surface area contributed by atoms with E-state index in [1.165, 1.54) is 14.2 Å². The van der Waals surface area contributed by atoms with E-state index in [0.29, 0.717) is 5.56 Å². The fraction of sp³-hybridized carbons (Fsp3) is 0.400. The second-order valence-electron chi connectivity index (χ2n) is 3.85. The standard InChI is InChI=1S/C10H14NO6PS/c1-15-18(12,16-2)10-9(11-19(13,14)17-10)8-6-4-3-5-7-8/h3-7,9-11H,1-2H3/t9-,10+/m0/s1. The van der Waals surface area contributed by atoms with Crippen molar-refractivity contribution in [1.29, 1.82) is 0 Å². The van der Waals surface area contributed by atoms with Gasteiger partial charge in [0, 0.05) is 14.2 Å². The molecule has 1 N–H and O–H groups in total. The summed E-state index contributed by atoms with van der Waals surface area (Å²) in [6, 6.07) is 7.84. The number of hydrogen-bond acceptors (Lipinski definition) is 6. The largest absolute Gasteiger partial charge is 0.362 e. The number of hydrogen-bond donors (Lipinski definition) is 1. The zero-order chi connectivity index (χ0) is 14.1. The van der Waals surface area contributed by atoms with E-state index in [4.69, 9.17) is 13.2 Å². The van der Waals surface area contributed by atoms with E-state index in [0.717, 1.165) is 0 Å². The smallest absolute Gasteiger partial charge is 0.310 e. The average molecular weight is 307 g/mol. The Kier molecular flexibility index (Phi) is 4.10. The van der Waals surface area contributed by atoms with Crippen LogP contribution in [0.25, 0.3) is 0 Å². The first-order valence-electron chi connectivity index (χ1n) is 5.38. The van der Waals surface area contributed by atoms with Crippen molar-refractivity contribution in [1.82, 2.24) is 4.72 Å². The molecule has 0 saturated carbocycles. The van der Waals surface area contributed by atoms with Gasteiger partial charge in [0.15, 0.2) is 5.85 Å². The molecule has 1 aromatic rings. The lowest BCUT2D eigenvalue weighted by Crippen LogP contribution is -2.23. The van der Waals surface area contributed by atoms with Crippen LogP contribution in [0.1, 0.15) is 11.6 Å². The van der Waals surface area contributed by atoms with Crippen LogP contribution in [0, 0.1) is 0 Å². The first-order chi connectivity index (χ1) is 8.92. The molecule has 9 heteroatoms. The maximum atomic E-state index is 12.4. The molecule has 1 heterocycles. The molecule has 2 rings (SSSR count). The van der Waals surface area contributed by atoms with E-state index < -0.39 is 29.8 Å². The van der Waals surface area contributed by atoms with Gasteiger partial charge in [0.1, 0.15) is 0 Å². The fourth-order valence-electron chi connectivity index (χ4n) is 1.84. The van der Waals surface area contributed by atoms with Crippen molar-refractivity contribution >= 4 is 17.9 Å². The van der Waals surface area contributed by atoms with Gasteiger partial charge in [0.2, 0.25) is 0 Å². The number of rotatable bonds is 4. The predicted molar refractivity (Wildman–Crippen MR) is 67.7 cm³/mol. The van der Waals surface area contributed by atoms with Gasteiger partial charge < -0.3 is 9.05 Å². The fourth-order valence-corrected chi connectivity index (χ4v) is 4.87. The molecule has 0 aliphatic carbocycles. The molecular formula is C10H14NO6PS. The highest BCUT2D eigenvalue weighted by Gasteiger charge is 2.51. The summed E-state index contributed by atoms with van der Waals surface area (Å²) in [6.45, 7) is 0. The van der Waals surface area contributed by atoms with Crippen molar-refractivity contribution < 1.29 is 26.2 Å². The lowest BCUT2D eigenvalue weighted by molar-refractivity contribution is 0.196. The second-order valence-corrected chi connectivity index (χ2v) is 7.51. The van der Waals surface area contributed by atoms with Gasteiger partial charge in [-0.25, -0.2) is 4.18 Å². The summed E-state index contributed by atoms with van der Waals surface area (Å²) in [4.78, 5) is 0. The predicted octanol–water partition coefficient (Wildman–Crippen LogP) is 1.40. The molecule has 1 aliphatic heterocycles. The maximum Gasteiger partial charge on any atom is 0.362 e. The molecule has 1 saturated heterocycles. The first-order valence-corrected chi connectivity index (χ1v) is 8.40. The zero-order valence-electron chi connectivity index (χ0n) is 10.3. The summed E-state index contributed by atoms with van der Waals surface area (Å²) < 4.78 is 52.2. The van der Waals surface area contributed by atoms with Crippen molar-refractivity contribution in [2.24, 2.45) is 0 Å². The molecule has 106 valence electrons. The minimum Gasteiger partial charge on any atom is -0.310 e. The summed E-state index contributed by atoms with van der Waals surface area (Å²) in [5.74, 6) is -1.25. The van der Waals surface area contributed by atoms with Crippen LogP contribution in [0.2, 0.25) is 0 Å². The Hall–Kier alpha value is -0.760. The van der Waals surface area contributed by atoms with Crippen molar-refractivity contribution in [3.8, 4) is 0 Å². The van der Waals surface area contributed by atoms with Gasteiger partial charge in [-0.1, -0.05) is 30.3 Å². The number of nitrogens with one attached hydrogen (secondary N) is 1. The van der Waals surface area contributed by atoms with Gasteiger partial charge in [0.25, 0.3) is 0 Å². The summed E-state index contributed by atoms with van der Waals surface area (Å²) in [5.41, 5.74) is 0.614. The van der Waals surface area contributed by atoms with Gasteiger partial charge in [-0.15, -0.1) is 0 Å². The Bertz CT molecular complexity index is 581. The Morgan fingerprint density at radius 2 is 1.79 bits per heavy atom. The quantitative estimate of drug-likeness (QED) is 0.846. The summed E-state index contributed by atoms with van der Waals surface area (Å²) in [5, 5.41) is 0. The van der Waals surface area contributed by atoms with E-state index in [1.54, 1.807) is 30.3 Å². The molecule has 2 atom stereocenters. The number of benzene rings is 1. The van der Waals surface area contributed by atoms with E-state index in [9.17, 15) is 13.0 Å². The third-order valence-electron chi connectivity index (χ3n) is 2.76. The molecule has 7 nitrogen and oxygen atoms in total. The Labute approximate surface area is 111 Å². The Balaban J connectivity index is 2.43. The van der Waals surface area contributed by atoms with Crippen molar-refractivity contribution in [2.75, 3.05) is 14.2 Å². The van der Waals surface area contributed by atoms with Crippen LogP contribution < -0.4 is 4.72 Å². The molecule has 1 fully saturated rings. The van der Waals surface area contributed by atoms with E-state index >= 15 is 0 Å². The van der Waals surface area contributed by atoms with Crippen LogP contribution in [0.3, 0.4) is 0 Å². The second kappa shape index (κ2) is 5.32. The normalized spacial score (nSPS) is 26.4. The topological polar surface area (TPSA) is 90.9 Å². The van der Waals surface area contributed by atoms with Crippen LogP contribution in [-0.2, 0) is 28.1 Å². The molecule has 0 bridgehead atoms. The zero-order valence-corrected chi connectivity index (χ0v) is 12.1. The van der Waals surface area contributed by atoms with Crippen LogP contribution in [0.15, 0.2) is 30.3 Å². The van der Waals surface area contributed by atoms with Crippen LogP contribution in [0.4, 0.5) is 0 Å². The SMILES string of the molecule is COP(=O)(OC)[C@H]1OS(=O)(=O)N[C@H]1c1ccccc1. The highest BCUT2D eigenvalue weighted by molar-refractivity contribution is 7.85. The summed E-state index contributed by atoms with van der Waals surface area (Å²) >= 11 is 0. The van der Waals surface area contributed by atoms with Crippen molar-refractivity contribution in [3.63, 3.8) is 0 Å². The van der Waals surface area contributed by atoms with Crippen molar-refractivity contribution in [3.05, 3.63) is 35.9 Å². The third-order valence-corrected chi connectivity index (χ3v) is 5.95. The summed E-state index contributed by atoms with van der Waals surface area (Å²) in [6.07, 6.45) is 0. The van der Waals surface area contributed by atoms with Gasteiger partial charge >= 0.3 is 17.9 Å². The Morgan fingerprint density at radius 1 is 1.21 bits per heavy atom. The molecule has 0 amide bonds. The molecular weight excluding hydrogens is 293 g/mol. The minimum atomic E-state index is -3.98. The van der Waals surface area contributed by atoms with Gasteiger partial charge in [-0.3, -0.25) is 4.57 Å². The highest BCUT2D eigenvalue weighted by atomic mass is 32.2. The molecule has 19 heavy (non-hydrogen) atoms. The first kappa shape index (κ1) is 14.6. The maximum absolute atomic E-state index is 12.4. The van der Waals surface area contributed by atoms with Gasteiger partial charge in [-0.05, 0) is 5.56 Å². The molecule has 0 unspecified atom stereocenters. The van der Waals surface area contributed by atoms with Crippen LogP contribution >= 0.6 is 7.60 Å². The van der Waals surface area contributed by atoms with E-state index in [1.807, 2.05) is 0 Å². The Morgan fingerprint density at radius 3 is 2.32 bits per heavy atom. The lowest BCUT2D eigenvalue weighted by atomic mass is 10.1. The van der Waals surface area contributed by atoms with E-state index in [2.05, 4.69) is 4.72 Å². The van der Waals surface area contributed by atoms with Crippen LogP contribution in [-0.4, -0.2) is 28.5 Å². The third kappa shape index (κ3) is 2.89. The lowest BCUT2D eigenvalue weighted by Gasteiger charge is -2.22. The average Bonchev–Trinajstić information content (AvgIpc) is 2.75. The highest BCUT2D eigenvalue weighted by Crippen LogP contribution is 2.58. The molecule has 1 aliphatic rings. The van der Waals surface area contributed by atoms with E-state index in [-0.39, 0.29) is 0 Å². The van der Waals surface area contributed by atoms with Crippen molar-refractivity contribution in [2.45, 2.75) is 11.9 Å². The molecule has 0 aromatic heterocycles. The van der Waals surface area contributed by atoms with Gasteiger partial charge in [0.05, 0.1) is 6.04 Å². The van der Waals surface area contributed by atoms with Gasteiger partial charge in [-0.2, -0.15) is 13.1 Å². The molecule has 0 spiro atoms. The monoisotopic (exact) mass is 307 g/mol. The molecule has 1 aromatic carbocycles. The van der Waals surface area contributed by atoms with Crippen LogP contribution in [0.5, 0.6) is 0 Å².